The second-order valence-corrected chi connectivity index (χ2v) is 7.31. The Balaban J connectivity index is 2.19. The van der Waals surface area contributed by atoms with Crippen LogP contribution in [-0.2, 0) is 0 Å². The number of benzene rings is 2. The van der Waals surface area contributed by atoms with E-state index in [0.717, 1.165) is 17.1 Å². The van der Waals surface area contributed by atoms with Crippen LogP contribution in [0.15, 0.2) is 48.5 Å². The number of alkyl halides is 3. The zero-order chi connectivity index (χ0) is 17.6. The van der Waals surface area contributed by atoms with Crippen LogP contribution in [-0.4, -0.2) is 17.0 Å². The molecule has 0 saturated carbocycles. The highest BCUT2D eigenvalue weighted by molar-refractivity contribution is 6.68. The van der Waals surface area contributed by atoms with Crippen LogP contribution in [0, 0.1) is 0 Å². The van der Waals surface area contributed by atoms with E-state index in [4.69, 9.17) is 49.0 Å². The van der Waals surface area contributed by atoms with Gasteiger partial charge in [0.25, 0.3) is 0 Å². The molecule has 6 heteroatoms. The largest absolute Gasteiger partial charge is 0.494 e. The highest BCUT2D eigenvalue weighted by Gasteiger charge is 2.36. The first kappa shape index (κ1) is 19.0. The van der Waals surface area contributed by atoms with Gasteiger partial charge in [0.1, 0.15) is 17.2 Å². The minimum absolute atomic E-state index is 0.587. The van der Waals surface area contributed by atoms with Crippen LogP contribution >= 0.6 is 34.8 Å². The van der Waals surface area contributed by atoms with Crippen molar-refractivity contribution in [2.24, 2.45) is 0 Å². The third-order valence-electron chi connectivity index (χ3n) is 3.18. The molecule has 2 aromatic carbocycles. The monoisotopic (exact) mass is 388 g/mol. The highest BCUT2D eigenvalue weighted by atomic mass is 35.6. The summed E-state index contributed by atoms with van der Waals surface area (Å²) in [5, 5.41) is 0. The Morgan fingerprint density at radius 2 is 1.17 bits per heavy atom. The average molecular weight is 390 g/mol. The van der Waals surface area contributed by atoms with Crippen molar-refractivity contribution in [1.82, 2.24) is 0 Å². The Morgan fingerprint density at radius 3 is 1.58 bits per heavy atom. The topological polar surface area (TPSA) is 27.7 Å². The maximum atomic E-state index is 6.12. The summed E-state index contributed by atoms with van der Waals surface area (Å²) in [6.45, 7) is 5.04. The van der Waals surface area contributed by atoms with Crippen LogP contribution in [0.1, 0.15) is 25.5 Å². The first-order chi connectivity index (χ1) is 11.4. The quantitative estimate of drug-likeness (QED) is 0.546. The van der Waals surface area contributed by atoms with E-state index >= 15 is 0 Å². The molecule has 0 aliphatic carbocycles. The third-order valence-corrected chi connectivity index (χ3v) is 3.77. The van der Waals surface area contributed by atoms with Gasteiger partial charge in [-0.2, -0.15) is 0 Å². The molecule has 24 heavy (non-hydrogen) atoms. The van der Waals surface area contributed by atoms with Crippen molar-refractivity contribution < 1.29 is 14.2 Å². The lowest BCUT2D eigenvalue weighted by Crippen LogP contribution is -2.23. The predicted octanol–water partition coefficient (Wildman–Crippen LogP) is 5.97. The number of halogens is 3. The molecule has 0 N–H and O–H groups in total. The summed E-state index contributed by atoms with van der Waals surface area (Å²) in [4.78, 5) is 0. The van der Waals surface area contributed by atoms with Gasteiger partial charge in [0.2, 0.25) is 3.79 Å². The van der Waals surface area contributed by atoms with Crippen molar-refractivity contribution in [3.63, 3.8) is 0 Å². The lowest BCUT2D eigenvalue weighted by atomic mass is 10.1. The normalized spacial score (nSPS) is 12.5. The van der Waals surface area contributed by atoms with Gasteiger partial charge >= 0.3 is 0 Å². The smallest absolute Gasteiger partial charge is 0.230 e. The molecule has 0 fully saturated rings. The van der Waals surface area contributed by atoms with Gasteiger partial charge in [-0.05, 0) is 55.8 Å². The van der Waals surface area contributed by atoms with Gasteiger partial charge in [0.15, 0.2) is 6.10 Å². The van der Waals surface area contributed by atoms with Crippen LogP contribution in [0.25, 0.3) is 0 Å². The van der Waals surface area contributed by atoms with E-state index < -0.39 is 9.90 Å². The summed E-state index contributed by atoms with van der Waals surface area (Å²) in [7, 11) is 0. The van der Waals surface area contributed by atoms with Crippen LogP contribution in [0.3, 0.4) is 0 Å². The molecule has 3 nitrogen and oxygen atoms in total. The zero-order valence-corrected chi connectivity index (χ0v) is 15.7. The molecule has 0 radical (unpaired) electrons. The lowest BCUT2D eigenvalue weighted by molar-refractivity contribution is 0.209. The van der Waals surface area contributed by atoms with Crippen molar-refractivity contribution in [1.29, 1.82) is 0 Å². The highest BCUT2D eigenvalue weighted by Crippen LogP contribution is 2.43. The van der Waals surface area contributed by atoms with Crippen LogP contribution < -0.4 is 14.2 Å². The minimum atomic E-state index is -1.62. The number of ether oxygens (including phenoxy) is 3. The van der Waals surface area contributed by atoms with E-state index in [1.807, 2.05) is 50.2 Å². The molecule has 0 saturated heterocycles. The second kappa shape index (κ2) is 8.70. The number of rotatable bonds is 7. The van der Waals surface area contributed by atoms with E-state index in [0.29, 0.717) is 19.0 Å². The van der Waals surface area contributed by atoms with Gasteiger partial charge in [0, 0.05) is 0 Å². The fourth-order valence-corrected chi connectivity index (χ4v) is 2.66. The Bertz CT molecular complexity index is 621. The summed E-state index contributed by atoms with van der Waals surface area (Å²) in [6.07, 6.45) is -0.754. The molecule has 0 aliphatic rings. The minimum Gasteiger partial charge on any atom is -0.494 e. The van der Waals surface area contributed by atoms with E-state index in [1.54, 1.807) is 12.1 Å². The second-order valence-electron chi connectivity index (χ2n) is 4.95. The van der Waals surface area contributed by atoms with Gasteiger partial charge < -0.3 is 14.2 Å². The molecule has 130 valence electrons. The van der Waals surface area contributed by atoms with Gasteiger partial charge in [-0.3, -0.25) is 0 Å². The van der Waals surface area contributed by atoms with Crippen molar-refractivity contribution in [3.8, 4) is 17.2 Å². The van der Waals surface area contributed by atoms with Gasteiger partial charge in [-0.25, -0.2) is 0 Å². The molecule has 2 aromatic rings. The molecule has 0 amide bonds. The van der Waals surface area contributed by atoms with E-state index in [1.165, 1.54) is 0 Å². The molecule has 0 spiro atoms. The number of hydrogen-bond acceptors (Lipinski definition) is 3. The van der Waals surface area contributed by atoms with Crippen LogP contribution in [0.2, 0.25) is 0 Å². The summed E-state index contributed by atoms with van der Waals surface area (Å²) in [6, 6.07) is 14.5. The van der Waals surface area contributed by atoms with Gasteiger partial charge in [0.05, 0.1) is 13.2 Å². The molecule has 0 heterocycles. The molecule has 0 bridgehead atoms. The van der Waals surface area contributed by atoms with Gasteiger partial charge in [-0.15, -0.1) is 0 Å². The Kier molecular flexibility index (Phi) is 6.90. The van der Waals surface area contributed by atoms with Crippen molar-refractivity contribution in [3.05, 3.63) is 54.1 Å². The van der Waals surface area contributed by atoms with E-state index in [-0.39, 0.29) is 0 Å². The fourth-order valence-electron chi connectivity index (χ4n) is 2.15. The first-order valence-electron chi connectivity index (χ1n) is 7.63. The fraction of sp³-hybridized carbons (Fsp3) is 0.333. The van der Waals surface area contributed by atoms with Crippen molar-refractivity contribution >= 4 is 34.8 Å². The third kappa shape index (κ3) is 5.37. The maximum Gasteiger partial charge on any atom is 0.230 e. The summed E-state index contributed by atoms with van der Waals surface area (Å²) >= 11 is 18.3. The Morgan fingerprint density at radius 1 is 0.750 bits per heavy atom. The molecule has 0 aliphatic heterocycles. The lowest BCUT2D eigenvalue weighted by Gasteiger charge is -2.26. The standard InChI is InChI=1S/C18H19Cl3O3/c1-3-22-14-7-5-13(6-8-14)17(18(19,20)21)24-16-11-9-15(10-12-16)23-4-2/h5-12,17H,3-4H2,1-2H3. The summed E-state index contributed by atoms with van der Waals surface area (Å²) in [5.74, 6) is 2.10. The average Bonchev–Trinajstić information content (AvgIpc) is 2.55. The van der Waals surface area contributed by atoms with Gasteiger partial charge in [-0.1, -0.05) is 46.9 Å². The van der Waals surface area contributed by atoms with E-state index in [9.17, 15) is 0 Å². The Labute approximate surface area is 157 Å². The van der Waals surface area contributed by atoms with Crippen molar-refractivity contribution in [2.75, 3.05) is 13.2 Å². The maximum absolute atomic E-state index is 6.12. The molecule has 1 unspecified atom stereocenters. The molecule has 1 atom stereocenters. The number of hydrogen-bond donors (Lipinski definition) is 0. The summed E-state index contributed by atoms with van der Waals surface area (Å²) < 4.78 is 15.1. The summed E-state index contributed by atoms with van der Waals surface area (Å²) in [5.41, 5.74) is 0.743. The van der Waals surface area contributed by atoms with E-state index in [2.05, 4.69) is 0 Å². The zero-order valence-electron chi connectivity index (χ0n) is 13.5. The van der Waals surface area contributed by atoms with Crippen LogP contribution in [0.5, 0.6) is 17.2 Å². The molecule has 0 aromatic heterocycles. The van der Waals surface area contributed by atoms with Crippen molar-refractivity contribution in [2.45, 2.75) is 23.7 Å². The SMILES string of the molecule is CCOc1ccc(OC(c2ccc(OCC)cc2)C(Cl)(Cl)Cl)cc1. The molecular formula is C18H19Cl3O3. The first-order valence-corrected chi connectivity index (χ1v) is 8.76. The predicted molar refractivity (Wildman–Crippen MR) is 98.9 cm³/mol. The molecular weight excluding hydrogens is 371 g/mol. The molecule has 2 rings (SSSR count). The van der Waals surface area contributed by atoms with Crippen LogP contribution in [0.4, 0.5) is 0 Å². The Hall–Kier alpha value is -1.29.